The van der Waals surface area contributed by atoms with Crippen LogP contribution < -0.4 is 0 Å². The molecule has 2 rings (SSSR count). The Labute approximate surface area is 73.2 Å². The fraction of sp³-hybridized carbons (Fsp3) is 0.800. The molecule has 2 aliphatic rings. The van der Waals surface area contributed by atoms with E-state index in [9.17, 15) is 5.11 Å². The molecule has 12 heavy (non-hydrogen) atoms. The van der Waals surface area contributed by atoms with Crippen molar-refractivity contribution in [2.24, 2.45) is 5.92 Å². The maximum absolute atomic E-state index is 10.2. The zero-order chi connectivity index (χ0) is 8.44. The smallest absolute Gasteiger partial charge is 0.0878 e. The molecule has 1 fully saturated rings. The number of rotatable bonds is 1. The van der Waals surface area contributed by atoms with E-state index < -0.39 is 5.60 Å². The van der Waals surface area contributed by atoms with Crippen molar-refractivity contribution in [1.82, 2.24) is 0 Å². The minimum absolute atomic E-state index is 0.342. The number of allylic oxidation sites excluding steroid dienone is 1. The van der Waals surface area contributed by atoms with Gasteiger partial charge in [-0.15, -0.1) is 0 Å². The van der Waals surface area contributed by atoms with Crippen LogP contribution in [0, 0.1) is 5.92 Å². The van der Waals surface area contributed by atoms with Crippen molar-refractivity contribution in [1.29, 1.82) is 0 Å². The van der Waals surface area contributed by atoms with Gasteiger partial charge in [0.1, 0.15) is 0 Å². The van der Waals surface area contributed by atoms with E-state index in [1.54, 1.807) is 0 Å². The summed E-state index contributed by atoms with van der Waals surface area (Å²) in [5, 5.41) is 10.2. The van der Waals surface area contributed by atoms with E-state index in [0.29, 0.717) is 5.92 Å². The third kappa shape index (κ3) is 1.41. The van der Waals surface area contributed by atoms with Crippen molar-refractivity contribution < 1.29 is 9.84 Å². The molecule has 0 aromatic rings. The van der Waals surface area contributed by atoms with Gasteiger partial charge in [-0.25, -0.2) is 0 Å². The molecule has 0 spiro atoms. The Bertz CT molecular complexity index is 182. The molecule has 0 aromatic heterocycles. The largest absolute Gasteiger partial charge is 0.385 e. The van der Waals surface area contributed by atoms with Gasteiger partial charge in [-0.3, -0.25) is 0 Å². The molecule has 1 aliphatic heterocycles. The molecule has 2 nitrogen and oxygen atoms in total. The van der Waals surface area contributed by atoms with E-state index in [0.717, 1.165) is 38.9 Å². The molecular formula is C10H16O2. The van der Waals surface area contributed by atoms with Crippen molar-refractivity contribution in [2.75, 3.05) is 13.2 Å². The predicted molar refractivity (Wildman–Crippen MR) is 46.9 cm³/mol. The summed E-state index contributed by atoms with van der Waals surface area (Å²) in [5.41, 5.74) is -0.547. The zero-order valence-corrected chi connectivity index (χ0v) is 7.33. The van der Waals surface area contributed by atoms with Gasteiger partial charge in [-0.1, -0.05) is 12.2 Å². The summed E-state index contributed by atoms with van der Waals surface area (Å²) >= 11 is 0. The number of hydrogen-bond acceptors (Lipinski definition) is 2. The van der Waals surface area contributed by atoms with E-state index in [1.807, 2.05) is 6.08 Å². The monoisotopic (exact) mass is 168 g/mol. The average molecular weight is 168 g/mol. The summed E-state index contributed by atoms with van der Waals surface area (Å²) in [6.45, 7) is 1.56. The molecule has 2 unspecified atom stereocenters. The van der Waals surface area contributed by atoms with Gasteiger partial charge in [0.05, 0.1) is 12.2 Å². The highest BCUT2D eigenvalue weighted by molar-refractivity contribution is 5.08. The van der Waals surface area contributed by atoms with Crippen LogP contribution in [-0.2, 0) is 4.74 Å². The van der Waals surface area contributed by atoms with Gasteiger partial charge in [0.2, 0.25) is 0 Å². The lowest BCUT2D eigenvalue weighted by molar-refractivity contribution is 0.00950. The molecule has 0 bridgehead atoms. The van der Waals surface area contributed by atoms with E-state index in [4.69, 9.17) is 4.74 Å². The highest BCUT2D eigenvalue weighted by atomic mass is 16.5. The number of aliphatic hydroxyl groups is 1. The van der Waals surface area contributed by atoms with Crippen LogP contribution in [0.25, 0.3) is 0 Å². The Hall–Kier alpha value is -0.340. The minimum Gasteiger partial charge on any atom is -0.385 e. The maximum atomic E-state index is 10.2. The first kappa shape index (κ1) is 8.27. The highest BCUT2D eigenvalue weighted by Crippen LogP contribution is 2.34. The van der Waals surface area contributed by atoms with Crippen LogP contribution in [0.15, 0.2) is 12.2 Å². The fourth-order valence-electron chi connectivity index (χ4n) is 2.14. The van der Waals surface area contributed by atoms with Gasteiger partial charge in [-0.05, 0) is 25.7 Å². The van der Waals surface area contributed by atoms with Crippen LogP contribution in [0.5, 0.6) is 0 Å². The second kappa shape index (κ2) is 3.19. The average Bonchev–Trinajstić information content (AvgIpc) is 2.58. The standard InChI is InChI=1S/C10H16O2/c11-10(5-2-1-3-6-10)9-4-7-12-8-9/h2,5,9,11H,1,3-4,6-8H2. The fourth-order valence-corrected chi connectivity index (χ4v) is 2.14. The molecule has 0 amide bonds. The first-order valence-electron chi connectivity index (χ1n) is 4.79. The molecule has 2 heteroatoms. The van der Waals surface area contributed by atoms with Crippen LogP contribution in [0.4, 0.5) is 0 Å². The number of hydrogen-bond donors (Lipinski definition) is 1. The Kier molecular flexibility index (Phi) is 2.20. The van der Waals surface area contributed by atoms with Crippen molar-refractivity contribution in [2.45, 2.75) is 31.3 Å². The summed E-state index contributed by atoms with van der Waals surface area (Å²) in [6, 6.07) is 0. The Balaban J connectivity index is 2.07. The molecular weight excluding hydrogens is 152 g/mol. The lowest BCUT2D eigenvalue weighted by Crippen LogP contribution is -2.37. The summed E-state index contributed by atoms with van der Waals surface area (Å²) in [5.74, 6) is 0.342. The molecule has 68 valence electrons. The van der Waals surface area contributed by atoms with Crippen LogP contribution in [0.1, 0.15) is 25.7 Å². The zero-order valence-electron chi connectivity index (χ0n) is 7.33. The van der Waals surface area contributed by atoms with Gasteiger partial charge in [0.15, 0.2) is 0 Å². The molecule has 2 atom stereocenters. The quantitative estimate of drug-likeness (QED) is 0.601. The first-order valence-corrected chi connectivity index (χ1v) is 4.79. The van der Waals surface area contributed by atoms with Gasteiger partial charge in [0, 0.05) is 12.5 Å². The summed E-state index contributed by atoms with van der Waals surface area (Å²) < 4.78 is 5.28. The van der Waals surface area contributed by atoms with Crippen molar-refractivity contribution in [3.63, 3.8) is 0 Å². The minimum atomic E-state index is -0.547. The van der Waals surface area contributed by atoms with Crippen LogP contribution >= 0.6 is 0 Å². The van der Waals surface area contributed by atoms with E-state index >= 15 is 0 Å². The molecule has 0 aromatic carbocycles. The molecule has 1 saturated heterocycles. The normalized spacial score (nSPS) is 41.9. The summed E-state index contributed by atoms with van der Waals surface area (Å²) in [4.78, 5) is 0. The Morgan fingerprint density at radius 2 is 2.42 bits per heavy atom. The Morgan fingerprint density at radius 1 is 1.50 bits per heavy atom. The van der Waals surface area contributed by atoms with Crippen LogP contribution in [0.3, 0.4) is 0 Å². The molecule has 1 aliphatic carbocycles. The highest BCUT2D eigenvalue weighted by Gasteiger charge is 2.37. The van der Waals surface area contributed by atoms with E-state index in [2.05, 4.69) is 6.08 Å². The lowest BCUT2D eigenvalue weighted by atomic mass is 9.79. The van der Waals surface area contributed by atoms with E-state index in [-0.39, 0.29) is 0 Å². The topological polar surface area (TPSA) is 29.5 Å². The maximum Gasteiger partial charge on any atom is 0.0878 e. The molecule has 1 heterocycles. The molecule has 1 N–H and O–H groups in total. The SMILES string of the molecule is OC1(C2CCOC2)C=CCCC1. The van der Waals surface area contributed by atoms with Gasteiger partial charge < -0.3 is 9.84 Å². The third-order valence-corrected chi connectivity index (χ3v) is 2.99. The van der Waals surface area contributed by atoms with Crippen molar-refractivity contribution >= 4 is 0 Å². The van der Waals surface area contributed by atoms with Gasteiger partial charge in [0.25, 0.3) is 0 Å². The first-order chi connectivity index (χ1) is 5.81. The second-order valence-electron chi connectivity index (χ2n) is 3.85. The van der Waals surface area contributed by atoms with Gasteiger partial charge in [-0.2, -0.15) is 0 Å². The predicted octanol–water partition coefficient (Wildman–Crippen LogP) is 1.49. The second-order valence-corrected chi connectivity index (χ2v) is 3.85. The summed E-state index contributed by atoms with van der Waals surface area (Å²) in [7, 11) is 0. The van der Waals surface area contributed by atoms with Crippen LogP contribution in [0.2, 0.25) is 0 Å². The third-order valence-electron chi connectivity index (χ3n) is 2.99. The molecule has 0 radical (unpaired) electrons. The molecule has 0 saturated carbocycles. The van der Waals surface area contributed by atoms with Crippen LogP contribution in [-0.4, -0.2) is 23.9 Å². The van der Waals surface area contributed by atoms with E-state index in [1.165, 1.54) is 0 Å². The van der Waals surface area contributed by atoms with Gasteiger partial charge >= 0.3 is 0 Å². The lowest BCUT2D eigenvalue weighted by Gasteiger charge is -2.32. The van der Waals surface area contributed by atoms with Crippen molar-refractivity contribution in [3.8, 4) is 0 Å². The Morgan fingerprint density at radius 3 is 3.00 bits per heavy atom. The summed E-state index contributed by atoms with van der Waals surface area (Å²) in [6.07, 6.45) is 8.25. The van der Waals surface area contributed by atoms with Crippen molar-refractivity contribution in [3.05, 3.63) is 12.2 Å². The number of ether oxygens (including phenoxy) is 1.